The van der Waals surface area contributed by atoms with Crippen molar-refractivity contribution >= 4 is 39.0 Å². The Kier molecular flexibility index (Phi) is 3.18. The Morgan fingerprint density at radius 2 is 2.32 bits per heavy atom. The molecule has 4 rings (SSSR count). The highest BCUT2D eigenvalue weighted by Gasteiger charge is 2.26. The molecule has 1 unspecified atom stereocenters. The van der Waals surface area contributed by atoms with Gasteiger partial charge in [-0.05, 0) is 17.7 Å². The van der Waals surface area contributed by atoms with Crippen LogP contribution in [-0.2, 0) is 6.42 Å². The molecular weight excluding hydrogens is 340 g/mol. The summed E-state index contributed by atoms with van der Waals surface area (Å²) in [4.78, 5) is 6.34. The molecule has 5 heteroatoms. The van der Waals surface area contributed by atoms with Gasteiger partial charge in [0.1, 0.15) is 5.01 Å². The number of aromatic nitrogens is 1. The number of nitrogens with zero attached hydrogens (tertiary/aromatic N) is 1. The second-order valence-corrected chi connectivity index (χ2v) is 8.06. The average Bonchev–Trinajstić information content (AvgIpc) is 2.96. The van der Waals surface area contributed by atoms with E-state index in [0.717, 1.165) is 23.2 Å². The van der Waals surface area contributed by atoms with Crippen LogP contribution in [0.5, 0.6) is 0 Å². The Balaban J connectivity index is 1.71. The molecule has 1 fully saturated rings. The molecule has 1 saturated heterocycles. The first-order valence-electron chi connectivity index (χ1n) is 6.41. The number of fused-ring (bicyclic) bond motifs is 3. The number of rotatable bonds is 1. The summed E-state index contributed by atoms with van der Waals surface area (Å²) < 4.78 is 1.16. The summed E-state index contributed by atoms with van der Waals surface area (Å²) in [5, 5.41) is 4.85. The van der Waals surface area contributed by atoms with E-state index in [1.165, 1.54) is 32.5 Å². The van der Waals surface area contributed by atoms with Crippen LogP contribution < -0.4 is 5.32 Å². The van der Waals surface area contributed by atoms with Crippen molar-refractivity contribution in [1.82, 2.24) is 10.3 Å². The molecular formula is C14H13BrN2S2. The van der Waals surface area contributed by atoms with Crippen LogP contribution in [-0.4, -0.2) is 23.0 Å². The number of benzene rings is 1. The number of thiazole rings is 1. The fourth-order valence-electron chi connectivity index (χ4n) is 2.69. The van der Waals surface area contributed by atoms with Gasteiger partial charge in [-0.25, -0.2) is 4.98 Å². The third-order valence-electron chi connectivity index (χ3n) is 3.61. The van der Waals surface area contributed by atoms with Gasteiger partial charge in [0, 0.05) is 39.4 Å². The highest BCUT2D eigenvalue weighted by Crippen LogP contribution is 2.42. The lowest BCUT2D eigenvalue weighted by Gasteiger charge is -2.20. The van der Waals surface area contributed by atoms with Crippen molar-refractivity contribution in [2.45, 2.75) is 12.5 Å². The molecule has 2 heterocycles. The molecule has 2 aliphatic rings. The Morgan fingerprint density at radius 1 is 1.37 bits per heavy atom. The molecule has 1 aliphatic heterocycles. The van der Waals surface area contributed by atoms with Gasteiger partial charge in [0.2, 0.25) is 0 Å². The van der Waals surface area contributed by atoms with E-state index in [9.17, 15) is 0 Å². The van der Waals surface area contributed by atoms with Gasteiger partial charge in [-0.3, -0.25) is 0 Å². The van der Waals surface area contributed by atoms with Crippen molar-refractivity contribution in [2.24, 2.45) is 0 Å². The van der Waals surface area contributed by atoms with E-state index in [2.05, 4.69) is 39.4 Å². The van der Waals surface area contributed by atoms with Gasteiger partial charge in [0.25, 0.3) is 0 Å². The second kappa shape index (κ2) is 4.88. The van der Waals surface area contributed by atoms with Crippen LogP contribution in [0.3, 0.4) is 0 Å². The summed E-state index contributed by atoms with van der Waals surface area (Å²) in [5.74, 6) is 2.37. The van der Waals surface area contributed by atoms with E-state index in [-0.39, 0.29) is 0 Å². The minimum absolute atomic E-state index is 0.452. The predicted molar refractivity (Wildman–Crippen MR) is 86.1 cm³/mol. The molecule has 1 aromatic heterocycles. The third-order valence-corrected chi connectivity index (χ3v) is 6.33. The molecule has 0 radical (unpaired) electrons. The minimum atomic E-state index is 0.452. The quantitative estimate of drug-likeness (QED) is 0.719. The van der Waals surface area contributed by atoms with Gasteiger partial charge in [-0.1, -0.05) is 22.0 Å². The van der Waals surface area contributed by atoms with Gasteiger partial charge in [0.15, 0.2) is 0 Å². The highest BCUT2D eigenvalue weighted by atomic mass is 79.9. The van der Waals surface area contributed by atoms with Gasteiger partial charge < -0.3 is 5.32 Å². The summed E-state index contributed by atoms with van der Waals surface area (Å²) in [6.07, 6.45) is 1.04. The molecule has 0 saturated carbocycles. The van der Waals surface area contributed by atoms with Gasteiger partial charge in [0.05, 0.1) is 11.7 Å². The molecule has 1 aliphatic carbocycles. The van der Waals surface area contributed by atoms with E-state index < -0.39 is 0 Å². The zero-order chi connectivity index (χ0) is 12.8. The Bertz CT molecular complexity index is 632. The summed E-state index contributed by atoms with van der Waals surface area (Å²) in [7, 11) is 0. The van der Waals surface area contributed by atoms with Crippen molar-refractivity contribution in [3.8, 4) is 11.3 Å². The largest absolute Gasteiger partial charge is 0.306 e. The van der Waals surface area contributed by atoms with Crippen LogP contribution in [0.1, 0.15) is 21.5 Å². The third kappa shape index (κ3) is 2.17. The molecule has 19 heavy (non-hydrogen) atoms. The summed E-state index contributed by atoms with van der Waals surface area (Å²) >= 11 is 7.46. The maximum absolute atomic E-state index is 4.91. The lowest BCUT2D eigenvalue weighted by atomic mass is 10.1. The smallest absolute Gasteiger partial charge is 0.111 e. The van der Waals surface area contributed by atoms with Crippen molar-refractivity contribution in [3.63, 3.8) is 0 Å². The Morgan fingerprint density at radius 3 is 3.16 bits per heavy atom. The summed E-state index contributed by atoms with van der Waals surface area (Å²) in [6, 6.07) is 6.98. The maximum Gasteiger partial charge on any atom is 0.111 e. The van der Waals surface area contributed by atoms with Crippen molar-refractivity contribution < 1.29 is 0 Å². The van der Waals surface area contributed by atoms with Crippen molar-refractivity contribution in [1.29, 1.82) is 0 Å². The van der Waals surface area contributed by atoms with Crippen molar-refractivity contribution in [2.75, 3.05) is 18.1 Å². The van der Waals surface area contributed by atoms with Crippen LogP contribution in [0.2, 0.25) is 0 Å². The molecule has 2 nitrogen and oxygen atoms in total. The van der Waals surface area contributed by atoms with Crippen LogP contribution in [0.25, 0.3) is 11.3 Å². The van der Waals surface area contributed by atoms with Crippen molar-refractivity contribution in [3.05, 3.63) is 38.1 Å². The van der Waals surface area contributed by atoms with E-state index in [1.807, 2.05) is 23.1 Å². The van der Waals surface area contributed by atoms with Crippen LogP contribution in [0, 0.1) is 0 Å². The minimum Gasteiger partial charge on any atom is -0.306 e. The van der Waals surface area contributed by atoms with Crippen LogP contribution in [0.4, 0.5) is 0 Å². The molecule has 0 bridgehead atoms. The fraction of sp³-hybridized carbons (Fsp3) is 0.357. The normalized spacial score (nSPS) is 21.2. The lowest BCUT2D eigenvalue weighted by molar-refractivity contribution is 0.592. The highest BCUT2D eigenvalue weighted by molar-refractivity contribution is 9.10. The summed E-state index contributed by atoms with van der Waals surface area (Å²) in [6.45, 7) is 1.10. The first-order valence-corrected chi connectivity index (χ1v) is 9.17. The molecule has 1 atom stereocenters. The predicted octanol–water partition coefficient (Wildman–Crippen LogP) is 3.85. The van der Waals surface area contributed by atoms with E-state index in [1.54, 1.807) is 0 Å². The molecule has 2 aromatic rings. The monoisotopic (exact) mass is 352 g/mol. The Labute approximate surface area is 129 Å². The first-order chi connectivity index (χ1) is 9.31. The van der Waals surface area contributed by atoms with Gasteiger partial charge >= 0.3 is 0 Å². The van der Waals surface area contributed by atoms with E-state index in [4.69, 9.17) is 4.98 Å². The van der Waals surface area contributed by atoms with E-state index >= 15 is 0 Å². The molecule has 1 aromatic carbocycles. The molecule has 0 amide bonds. The Hall–Kier alpha value is -0.360. The van der Waals surface area contributed by atoms with Crippen LogP contribution in [0.15, 0.2) is 22.7 Å². The number of nitrogens with one attached hydrogen (secondary N) is 1. The molecule has 1 N–H and O–H groups in total. The summed E-state index contributed by atoms with van der Waals surface area (Å²) in [5.41, 5.74) is 3.95. The number of hydrogen-bond acceptors (Lipinski definition) is 4. The zero-order valence-electron chi connectivity index (χ0n) is 10.3. The van der Waals surface area contributed by atoms with E-state index in [0.29, 0.717) is 6.04 Å². The second-order valence-electron chi connectivity index (χ2n) is 4.88. The number of hydrogen-bond donors (Lipinski definition) is 1. The molecule has 98 valence electrons. The maximum atomic E-state index is 4.91. The topological polar surface area (TPSA) is 24.9 Å². The number of halogens is 1. The van der Waals surface area contributed by atoms with Gasteiger partial charge in [-0.15, -0.1) is 11.3 Å². The van der Waals surface area contributed by atoms with Crippen LogP contribution >= 0.6 is 39.0 Å². The molecule has 0 spiro atoms. The average molecular weight is 353 g/mol. The number of thioether (sulfide) groups is 1. The SMILES string of the molecule is Brc1ccc2c(c1)Cc1sc(C3CSCCN3)nc1-2. The first kappa shape index (κ1) is 12.4. The fourth-order valence-corrected chi connectivity index (χ4v) is 5.32. The zero-order valence-corrected chi connectivity index (χ0v) is 13.5. The standard InChI is InChI=1S/C14H13BrN2S2/c15-9-1-2-10-8(5-9)6-12-13(10)17-14(19-12)11-7-18-4-3-16-11/h1-2,5,11,16H,3-4,6-7H2. The lowest BCUT2D eigenvalue weighted by Crippen LogP contribution is -2.30. The van der Waals surface area contributed by atoms with Gasteiger partial charge in [-0.2, -0.15) is 11.8 Å².